The summed E-state index contributed by atoms with van der Waals surface area (Å²) in [4.78, 5) is 0. The fourth-order valence-corrected chi connectivity index (χ4v) is 1.69. The highest BCUT2D eigenvalue weighted by Crippen LogP contribution is 2.16. The first-order chi connectivity index (χ1) is 9.26. The van der Waals surface area contributed by atoms with Crippen LogP contribution >= 0.6 is 0 Å². The number of aliphatic hydroxyl groups is 1. The standard InChI is InChI=1S/C15H25NO3/c1-3-4-5-10-16-11-13(17)12-19-15-8-6-14(18-2)7-9-15/h6-9,13,16-17H,3-5,10-12H2,1-2H3. The summed E-state index contributed by atoms with van der Waals surface area (Å²) in [6.45, 7) is 4.00. The molecule has 1 atom stereocenters. The number of unbranched alkanes of at least 4 members (excludes halogenated alkanes) is 2. The van der Waals surface area contributed by atoms with Crippen LogP contribution in [0.3, 0.4) is 0 Å². The summed E-state index contributed by atoms with van der Waals surface area (Å²) < 4.78 is 10.6. The number of methoxy groups -OCH3 is 1. The van der Waals surface area contributed by atoms with Gasteiger partial charge in [-0.25, -0.2) is 0 Å². The van der Waals surface area contributed by atoms with Gasteiger partial charge in [0.2, 0.25) is 0 Å². The van der Waals surface area contributed by atoms with Crippen LogP contribution < -0.4 is 14.8 Å². The van der Waals surface area contributed by atoms with Crippen molar-refractivity contribution < 1.29 is 14.6 Å². The molecule has 1 aromatic carbocycles. The molecule has 0 aliphatic heterocycles. The zero-order valence-electron chi connectivity index (χ0n) is 11.9. The van der Waals surface area contributed by atoms with Crippen LogP contribution in [0.5, 0.6) is 11.5 Å². The van der Waals surface area contributed by atoms with Crippen LogP contribution in [0.2, 0.25) is 0 Å². The van der Waals surface area contributed by atoms with Gasteiger partial charge in [-0.1, -0.05) is 19.8 Å². The average Bonchev–Trinajstić information content (AvgIpc) is 2.45. The highest BCUT2D eigenvalue weighted by Gasteiger charge is 2.04. The molecule has 0 fully saturated rings. The number of ether oxygens (including phenoxy) is 2. The predicted octanol–water partition coefficient (Wildman–Crippen LogP) is 2.21. The number of rotatable bonds is 10. The maximum absolute atomic E-state index is 9.76. The second-order valence-electron chi connectivity index (χ2n) is 4.55. The van der Waals surface area contributed by atoms with Gasteiger partial charge in [0.1, 0.15) is 24.2 Å². The molecule has 0 aliphatic carbocycles. The van der Waals surface area contributed by atoms with Crippen LogP contribution in [0.4, 0.5) is 0 Å². The molecular weight excluding hydrogens is 242 g/mol. The van der Waals surface area contributed by atoms with Crippen LogP contribution in [0.1, 0.15) is 26.2 Å². The molecule has 0 saturated carbocycles. The molecule has 0 spiro atoms. The van der Waals surface area contributed by atoms with E-state index in [2.05, 4.69) is 12.2 Å². The Morgan fingerprint density at radius 3 is 2.47 bits per heavy atom. The molecule has 108 valence electrons. The Kier molecular flexibility index (Phi) is 8.02. The van der Waals surface area contributed by atoms with E-state index in [9.17, 15) is 5.11 Å². The molecule has 0 amide bonds. The van der Waals surface area contributed by atoms with Crippen molar-refractivity contribution in [2.24, 2.45) is 0 Å². The maximum atomic E-state index is 9.76. The second-order valence-corrected chi connectivity index (χ2v) is 4.55. The highest BCUT2D eigenvalue weighted by molar-refractivity contribution is 5.31. The van der Waals surface area contributed by atoms with Crippen LogP contribution in [0.25, 0.3) is 0 Å². The molecule has 0 heterocycles. The van der Waals surface area contributed by atoms with Gasteiger partial charge in [0.05, 0.1) is 7.11 Å². The summed E-state index contributed by atoms with van der Waals surface area (Å²) in [5.74, 6) is 1.54. The summed E-state index contributed by atoms with van der Waals surface area (Å²) >= 11 is 0. The van der Waals surface area contributed by atoms with Crippen molar-refractivity contribution in [1.29, 1.82) is 0 Å². The molecule has 0 saturated heterocycles. The first-order valence-corrected chi connectivity index (χ1v) is 6.92. The third-order valence-electron chi connectivity index (χ3n) is 2.84. The largest absolute Gasteiger partial charge is 0.497 e. The number of benzene rings is 1. The molecule has 0 aromatic heterocycles. The Morgan fingerprint density at radius 1 is 1.16 bits per heavy atom. The van der Waals surface area contributed by atoms with Crippen molar-refractivity contribution in [2.75, 3.05) is 26.8 Å². The maximum Gasteiger partial charge on any atom is 0.119 e. The van der Waals surface area contributed by atoms with E-state index in [0.717, 1.165) is 24.5 Å². The van der Waals surface area contributed by atoms with Crippen molar-refractivity contribution in [1.82, 2.24) is 5.32 Å². The Morgan fingerprint density at radius 2 is 1.84 bits per heavy atom. The summed E-state index contributed by atoms with van der Waals surface area (Å²) in [6.07, 6.45) is 3.11. The van der Waals surface area contributed by atoms with E-state index in [0.29, 0.717) is 13.2 Å². The molecule has 4 heteroatoms. The molecule has 0 bridgehead atoms. The van der Waals surface area contributed by atoms with Crippen molar-refractivity contribution in [2.45, 2.75) is 32.3 Å². The lowest BCUT2D eigenvalue weighted by atomic mass is 10.2. The molecule has 0 radical (unpaired) electrons. The van der Waals surface area contributed by atoms with Crippen LogP contribution in [-0.2, 0) is 0 Å². The van der Waals surface area contributed by atoms with E-state index in [1.807, 2.05) is 24.3 Å². The Hall–Kier alpha value is -1.26. The summed E-state index contributed by atoms with van der Waals surface area (Å²) in [7, 11) is 1.63. The fraction of sp³-hybridized carbons (Fsp3) is 0.600. The molecule has 1 aromatic rings. The lowest BCUT2D eigenvalue weighted by Gasteiger charge is -2.13. The normalized spacial score (nSPS) is 12.2. The van der Waals surface area contributed by atoms with Crippen molar-refractivity contribution in [3.8, 4) is 11.5 Å². The zero-order chi connectivity index (χ0) is 13.9. The SMILES string of the molecule is CCCCCNCC(O)COc1ccc(OC)cc1. The van der Waals surface area contributed by atoms with Gasteiger partial charge >= 0.3 is 0 Å². The minimum absolute atomic E-state index is 0.299. The number of nitrogens with one attached hydrogen (secondary N) is 1. The quantitative estimate of drug-likeness (QED) is 0.638. The Balaban J connectivity index is 2.13. The van der Waals surface area contributed by atoms with E-state index >= 15 is 0 Å². The van der Waals surface area contributed by atoms with E-state index in [1.54, 1.807) is 7.11 Å². The molecule has 4 nitrogen and oxygen atoms in total. The van der Waals surface area contributed by atoms with Crippen LogP contribution in [0, 0.1) is 0 Å². The third-order valence-corrected chi connectivity index (χ3v) is 2.84. The lowest BCUT2D eigenvalue weighted by Crippen LogP contribution is -2.31. The predicted molar refractivity (Wildman–Crippen MR) is 76.9 cm³/mol. The molecule has 2 N–H and O–H groups in total. The highest BCUT2D eigenvalue weighted by atomic mass is 16.5. The zero-order valence-corrected chi connectivity index (χ0v) is 11.9. The molecule has 19 heavy (non-hydrogen) atoms. The summed E-state index contributed by atoms with van der Waals surface area (Å²) in [5.41, 5.74) is 0. The third kappa shape index (κ3) is 7.03. The van der Waals surface area contributed by atoms with Crippen LogP contribution in [0.15, 0.2) is 24.3 Å². The van der Waals surface area contributed by atoms with E-state index in [4.69, 9.17) is 9.47 Å². The minimum atomic E-state index is -0.483. The number of hydrogen-bond acceptors (Lipinski definition) is 4. The van der Waals surface area contributed by atoms with E-state index < -0.39 is 6.10 Å². The molecule has 1 rings (SSSR count). The first-order valence-electron chi connectivity index (χ1n) is 6.92. The van der Waals surface area contributed by atoms with Gasteiger partial charge in [0, 0.05) is 6.54 Å². The molecular formula is C15H25NO3. The Bertz CT molecular complexity index is 327. The Labute approximate surface area is 115 Å². The van der Waals surface area contributed by atoms with Gasteiger partial charge < -0.3 is 19.9 Å². The van der Waals surface area contributed by atoms with Gasteiger partial charge in [-0.3, -0.25) is 0 Å². The van der Waals surface area contributed by atoms with Gasteiger partial charge in [-0.05, 0) is 37.2 Å². The van der Waals surface area contributed by atoms with Crippen molar-refractivity contribution in [3.63, 3.8) is 0 Å². The monoisotopic (exact) mass is 267 g/mol. The van der Waals surface area contributed by atoms with Crippen molar-refractivity contribution >= 4 is 0 Å². The van der Waals surface area contributed by atoms with Gasteiger partial charge in [-0.15, -0.1) is 0 Å². The van der Waals surface area contributed by atoms with Crippen LogP contribution in [-0.4, -0.2) is 38.0 Å². The number of aliphatic hydroxyl groups excluding tert-OH is 1. The number of hydrogen-bond donors (Lipinski definition) is 2. The summed E-state index contributed by atoms with van der Waals surface area (Å²) in [5, 5.41) is 13.0. The fourth-order valence-electron chi connectivity index (χ4n) is 1.69. The molecule has 1 unspecified atom stereocenters. The lowest BCUT2D eigenvalue weighted by molar-refractivity contribution is 0.106. The van der Waals surface area contributed by atoms with Gasteiger partial charge in [0.25, 0.3) is 0 Å². The van der Waals surface area contributed by atoms with Crippen molar-refractivity contribution in [3.05, 3.63) is 24.3 Å². The first kappa shape index (κ1) is 15.8. The molecule has 0 aliphatic rings. The topological polar surface area (TPSA) is 50.7 Å². The second kappa shape index (κ2) is 9.64. The van der Waals surface area contributed by atoms with E-state index in [-0.39, 0.29) is 0 Å². The smallest absolute Gasteiger partial charge is 0.119 e. The summed E-state index contributed by atoms with van der Waals surface area (Å²) in [6, 6.07) is 7.34. The average molecular weight is 267 g/mol. The minimum Gasteiger partial charge on any atom is -0.497 e. The van der Waals surface area contributed by atoms with E-state index in [1.165, 1.54) is 12.8 Å². The van der Waals surface area contributed by atoms with Gasteiger partial charge in [-0.2, -0.15) is 0 Å². The van der Waals surface area contributed by atoms with Gasteiger partial charge in [0.15, 0.2) is 0 Å².